The van der Waals surface area contributed by atoms with Gasteiger partial charge in [-0.2, -0.15) is 0 Å². The Kier molecular flexibility index (Phi) is 4.20. The summed E-state index contributed by atoms with van der Waals surface area (Å²) in [7, 11) is 0. The molecule has 0 radical (unpaired) electrons. The second kappa shape index (κ2) is 5.70. The van der Waals surface area contributed by atoms with E-state index in [4.69, 9.17) is 5.73 Å². The van der Waals surface area contributed by atoms with Gasteiger partial charge < -0.3 is 11.1 Å². The van der Waals surface area contributed by atoms with Gasteiger partial charge in [-0.3, -0.25) is 9.78 Å². The molecule has 0 aliphatic heterocycles. The van der Waals surface area contributed by atoms with E-state index in [2.05, 4.69) is 24.1 Å². The number of nitrogens with two attached hydrogens (primary N) is 1. The first-order valence-corrected chi connectivity index (χ1v) is 6.98. The van der Waals surface area contributed by atoms with Gasteiger partial charge in [0.05, 0.1) is 0 Å². The zero-order chi connectivity index (χ0) is 13.9. The first kappa shape index (κ1) is 14.0. The second-order valence-electron chi connectivity index (χ2n) is 5.94. The van der Waals surface area contributed by atoms with Gasteiger partial charge in [0.15, 0.2) is 0 Å². The van der Waals surface area contributed by atoms with E-state index >= 15 is 0 Å². The minimum Gasteiger partial charge on any atom is -0.327 e. The van der Waals surface area contributed by atoms with Gasteiger partial charge in [-0.15, -0.1) is 0 Å². The van der Waals surface area contributed by atoms with Gasteiger partial charge in [0.1, 0.15) is 0 Å². The standard InChI is InChI=1S/C15H23N3O/c1-11(16)15(2)7-3-12(4-8-15)14(19)18-13-5-9-17-10-6-13/h5-6,9-12H,3-4,7-8,16H2,1-2H3,(H,17,18,19)/t11-,12-,15-/m1/s1. The number of hydrogen-bond acceptors (Lipinski definition) is 3. The van der Waals surface area contributed by atoms with E-state index in [1.807, 2.05) is 12.1 Å². The lowest BCUT2D eigenvalue weighted by Gasteiger charge is -2.39. The Labute approximate surface area is 114 Å². The molecule has 4 nitrogen and oxygen atoms in total. The number of aromatic nitrogens is 1. The molecule has 1 heterocycles. The molecule has 1 atom stereocenters. The molecule has 104 valence electrons. The van der Waals surface area contributed by atoms with Crippen molar-refractivity contribution >= 4 is 11.6 Å². The molecule has 1 amide bonds. The zero-order valence-electron chi connectivity index (χ0n) is 11.7. The highest BCUT2D eigenvalue weighted by Gasteiger charge is 2.36. The molecule has 1 aromatic heterocycles. The minimum atomic E-state index is 0.111. The average Bonchev–Trinajstić information content (AvgIpc) is 2.40. The molecule has 19 heavy (non-hydrogen) atoms. The molecule has 1 aromatic rings. The predicted molar refractivity (Wildman–Crippen MR) is 76.6 cm³/mol. The number of rotatable bonds is 3. The van der Waals surface area contributed by atoms with Crippen molar-refractivity contribution in [2.75, 3.05) is 5.32 Å². The van der Waals surface area contributed by atoms with Crippen LogP contribution in [-0.4, -0.2) is 16.9 Å². The Morgan fingerprint density at radius 1 is 1.42 bits per heavy atom. The highest BCUT2D eigenvalue weighted by molar-refractivity contribution is 5.92. The Morgan fingerprint density at radius 2 is 2.00 bits per heavy atom. The van der Waals surface area contributed by atoms with Gasteiger partial charge in [-0.05, 0) is 50.2 Å². The molecule has 0 spiro atoms. The van der Waals surface area contributed by atoms with Crippen LogP contribution < -0.4 is 11.1 Å². The molecule has 0 unspecified atom stereocenters. The summed E-state index contributed by atoms with van der Waals surface area (Å²) in [6.45, 7) is 4.30. The molecular weight excluding hydrogens is 238 g/mol. The van der Waals surface area contributed by atoms with Crippen LogP contribution in [0.4, 0.5) is 5.69 Å². The van der Waals surface area contributed by atoms with Crippen molar-refractivity contribution in [3.63, 3.8) is 0 Å². The lowest BCUT2D eigenvalue weighted by Crippen LogP contribution is -2.41. The van der Waals surface area contributed by atoms with Gasteiger partial charge in [0.2, 0.25) is 5.91 Å². The van der Waals surface area contributed by atoms with E-state index in [-0.39, 0.29) is 23.3 Å². The van der Waals surface area contributed by atoms with Gasteiger partial charge in [-0.1, -0.05) is 6.92 Å². The molecule has 0 aromatic carbocycles. The highest BCUT2D eigenvalue weighted by Crippen LogP contribution is 2.40. The van der Waals surface area contributed by atoms with Gasteiger partial charge in [0.25, 0.3) is 0 Å². The van der Waals surface area contributed by atoms with Crippen LogP contribution in [0.25, 0.3) is 0 Å². The quantitative estimate of drug-likeness (QED) is 0.878. The van der Waals surface area contributed by atoms with Crippen molar-refractivity contribution in [2.24, 2.45) is 17.1 Å². The van der Waals surface area contributed by atoms with E-state index in [1.54, 1.807) is 12.4 Å². The number of nitrogens with one attached hydrogen (secondary N) is 1. The van der Waals surface area contributed by atoms with Crippen LogP contribution >= 0.6 is 0 Å². The van der Waals surface area contributed by atoms with E-state index in [1.165, 1.54) is 0 Å². The van der Waals surface area contributed by atoms with Crippen molar-refractivity contribution in [3.05, 3.63) is 24.5 Å². The van der Waals surface area contributed by atoms with Crippen LogP contribution in [0, 0.1) is 11.3 Å². The Balaban J connectivity index is 1.90. The third kappa shape index (κ3) is 3.32. The number of amides is 1. The van der Waals surface area contributed by atoms with Gasteiger partial charge in [-0.25, -0.2) is 0 Å². The molecule has 4 heteroatoms. The molecule has 2 rings (SSSR count). The molecule has 1 aliphatic carbocycles. The smallest absolute Gasteiger partial charge is 0.227 e. The predicted octanol–water partition coefficient (Wildman–Crippen LogP) is 2.56. The summed E-state index contributed by atoms with van der Waals surface area (Å²) < 4.78 is 0. The average molecular weight is 261 g/mol. The second-order valence-corrected chi connectivity index (χ2v) is 5.94. The topological polar surface area (TPSA) is 68.0 Å². The van der Waals surface area contributed by atoms with E-state index in [0.29, 0.717) is 0 Å². The van der Waals surface area contributed by atoms with Crippen LogP contribution in [0.2, 0.25) is 0 Å². The summed E-state index contributed by atoms with van der Waals surface area (Å²) in [4.78, 5) is 16.1. The summed E-state index contributed by atoms with van der Waals surface area (Å²) in [6, 6.07) is 3.82. The van der Waals surface area contributed by atoms with Crippen LogP contribution in [0.1, 0.15) is 39.5 Å². The molecule has 1 fully saturated rings. The summed E-state index contributed by atoms with van der Waals surface area (Å²) in [5, 5.41) is 2.96. The van der Waals surface area contributed by atoms with Gasteiger partial charge in [0, 0.05) is 30.0 Å². The van der Waals surface area contributed by atoms with Crippen LogP contribution in [0.3, 0.4) is 0 Å². The lowest BCUT2D eigenvalue weighted by molar-refractivity contribution is -0.121. The van der Waals surface area contributed by atoms with Crippen molar-refractivity contribution in [3.8, 4) is 0 Å². The Bertz CT molecular complexity index is 422. The van der Waals surface area contributed by atoms with Crippen molar-refractivity contribution in [1.82, 2.24) is 4.98 Å². The van der Waals surface area contributed by atoms with E-state index in [0.717, 1.165) is 31.4 Å². The fraction of sp³-hybridized carbons (Fsp3) is 0.600. The summed E-state index contributed by atoms with van der Waals surface area (Å²) in [5.41, 5.74) is 7.05. The minimum absolute atomic E-state index is 0.111. The maximum Gasteiger partial charge on any atom is 0.227 e. The monoisotopic (exact) mass is 261 g/mol. The fourth-order valence-corrected chi connectivity index (χ4v) is 2.67. The molecule has 1 saturated carbocycles. The number of carbonyl (C=O) groups excluding carboxylic acids is 1. The van der Waals surface area contributed by atoms with E-state index in [9.17, 15) is 4.79 Å². The first-order valence-electron chi connectivity index (χ1n) is 6.98. The molecule has 1 aliphatic rings. The molecule has 0 bridgehead atoms. The van der Waals surface area contributed by atoms with Gasteiger partial charge >= 0.3 is 0 Å². The normalized spacial score (nSPS) is 28.7. The van der Waals surface area contributed by atoms with Crippen molar-refractivity contribution in [1.29, 1.82) is 0 Å². The lowest BCUT2D eigenvalue weighted by atomic mass is 9.68. The summed E-state index contributed by atoms with van der Waals surface area (Å²) >= 11 is 0. The van der Waals surface area contributed by atoms with Crippen molar-refractivity contribution in [2.45, 2.75) is 45.6 Å². The summed E-state index contributed by atoms with van der Waals surface area (Å²) in [6.07, 6.45) is 7.27. The molecule has 0 saturated heterocycles. The summed E-state index contributed by atoms with van der Waals surface area (Å²) in [5.74, 6) is 0.234. The number of hydrogen-bond donors (Lipinski definition) is 2. The Morgan fingerprint density at radius 3 is 2.53 bits per heavy atom. The third-order valence-electron chi connectivity index (χ3n) is 4.55. The zero-order valence-corrected chi connectivity index (χ0v) is 11.7. The third-order valence-corrected chi connectivity index (χ3v) is 4.55. The number of carbonyl (C=O) groups is 1. The maximum atomic E-state index is 12.2. The largest absolute Gasteiger partial charge is 0.327 e. The highest BCUT2D eigenvalue weighted by atomic mass is 16.1. The Hall–Kier alpha value is -1.42. The van der Waals surface area contributed by atoms with Crippen LogP contribution in [-0.2, 0) is 4.79 Å². The number of anilines is 1. The number of nitrogens with zero attached hydrogens (tertiary/aromatic N) is 1. The van der Waals surface area contributed by atoms with Crippen LogP contribution in [0.15, 0.2) is 24.5 Å². The van der Waals surface area contributed by atoms with E-state index < -0.39 is 0 Å². The first-order chi connectivity index (χ1) is 9.01. The maximum absolute atomic E-state index is 12.2. The van der Waals surface area contributed by atoms with Crippen molar-refractivity contribution < 1.29 is 4.79 Å². The fourth-order valence-electron chi connectivity index (χ4n) is 2.67. The van der Waals surface area contributed by atoms with Crippen LogP contribution in [0.5, 0.6) is 0 Å². The molecule has 3 N–H and O–H groups in total. The number of pyridine rings is 1. The SMILES string of the molecule is C[C@@H](N)[C@]1(C)CC[C@@H](C(=O)Nc2ccncc2)CC1. The molecular formula is C15H23N3O.